The molecule has 0 unspecified atom stereocenters. The van der Waals surface area contributed by atoms with Gasteiger partial charge in [-0.2, -0.15) is 0 Å². The van der Waals surface area contributed by atoms with E-state index < -0.39 is 13.9 Å². The quantitative estimate of drug-likeness (QED) is 0.725. The summed E-state index contributed by atoms with van der Waals surface area (Å²) in [4.78, 5) is 12.6. The Morgan fingerprint density at radius 3 is 2.53 bits per heavy atom. The van der Waals surface area contributed by atoms with Gasteiger partial charge in [-0.25, -0.2) is 0 Å². The van der Waals surface area contributed by atoms with Crippen molar-refractivity contribution in [2.45, 2.75) is 70.9 Å². The van der Waals surface area contributed by atoms with Crippen LogP contribution in [0, 0.1) is 5.92 Å². The summed E-state index contributed by atoms with van der Waals surface area (Å²) < 4.78 is 12.1. The number of rotatable bonds is 2. The van der Waals surface area contributed by atoms with E-state index in [9.17, 15) is 4.79 Å². The van der Waals surface area contributed by atoms with Gasteiger partial charge >= 0.3 is 0 Å². The van der Waals surface area contributed by atoms with E-state index in [1.165, 1.54) is 0 Å². The van der Waals surface area contributed by atoms with Crippen molar-refractivity contribution in [2.24, 2.45) is 5.92 Å². The Balaban J connectivity index is 2.26. The molecule has 2 rings (SSSR count). The molecule has 2 heterocycles. The van der Waals surface area contributed by atoms with E-state index >= 15 is 0 Å². The van der Waals surface area contributed by atoms with Crippen LogP contribution >= 0.6 is 0 Å². The minimum atomic E-state index is -1.97. The fourth-order valence-electron chi connectivity index (χ4n) is 2.43. The molecule has 0 radical (unpaired) electrons. The van der Waals surface area contributed by atoms with Gasteiger partial charge in [-0.15, -0.1) is 0 Å². The molecule has 0 N–H and O–H groups in total. The monoisotopic (exact) mass is 282 g/mol. The van der Waals surface area contributed by atoms with Crippen LogP contribution in [0.1, 0.15) is 41.0 Å². The molecule has 4 heteroatoms. The predicted molar refractivity (Wildman–Crippen MR) is 78.4 cm³/mol. The minimum Gasteiger partial charge on any atom is -0.541 e. The first kappa shape index (κ1) is 14.8. The predicted octanol–water partition coefficient (Wildman–Crippen LogP) is 3.66. The van der Waals surface area contributed by atoms with Crippen molar-refractivity contribution >= 4 is 14.1 Å². The molecule has 1 saturated heterocycles. The Kier molecular flexibility index (Phi) is 3.26. The van der Waals surface area contributed by atoms with Crippen LogP contribution in [-0.4, -0.2) is 25.8 Å². The molecule has 0 amide bonds. The van der Waals surface area contributed by atoms with E-state index in [1.54, 1.807) is 0 Å². The lowest BCUT2D eigenvalue weighted by Gasteiger charge is -2.39. The zero-order chi connectivity index (χ0) is 14.6. The van der Waals surface area contributed by atoms with Crippen LogP contribution in [0.25, 0.3) is 0 Å². The first-order valence-corrected chi connectivity index (χ1v) is 10.0. The minimum absolute atomic E-state index is 0.0265. The molecule has 0 aromatic carbocycles. The van der Waals surface area contributed by atoms with Crippen molar-refractivity contribution in [2.75, 3.05) is 0 Å². The topological polar surface area (TPSA) is 35.5 Å². The summed E-state index contributed by atoms with van der Waals surface area (Å²) in [5.74, 6) is 0.829. The maximum Gasteiger partial charge on any atom is 0.250 e. The van der Waals surface area contributed by atoms with Gasteiger partial charge in [0.05, 0.1) is 6.10 Å². The van der Waals surface area contributed by atoms with Gasteiger partial charge < -0.3 is 9.16 Å². The van der Waals surface area contributed by atoms with Crippen molar-refractivity contribution in [3.05, 3.63) is 11.8 Å². The Morgan fingerprint density at radius 1 is 1.42 bits per heavy atom. The normalized spacial score (nSPS) is 35.3. The fraction of sp³-hybridized carbons (Fsp3) is 0.800. The summed E-state index contributed by atoms with van der Waals surface area (Å²) in [7, 11) is -1.97. The average molecular weight is 282 g/mol. The molecule has 0 saturated carbocycles. The zero-order valence-electron chi connectivity index (χ0n) is 13.2. The SMILES string of the molecule is C[C@H]1C[C@@H]2C=C(O[Si](C)(C)C(C)(C)C)C(=O)[C@@]1(C)O2. The summed E-state index contributed by atoms with van der Waals surface area (Å²) in [5, 5.41) is 0.0952. The third-order valence-corrected chi connectivity index (χ3v) is 9.45. The van der Waals surface area contributed by atoms with E-state index in [4.69, 9.17) is 9.16 Å². The average Bonchev–Trinajstić information content (AvgIpc) is 2.47. The van der Waals surface area contributed by atoms with Gasteiger partial charge in [0.1, 0.15) is 11.4 Å². The first-order valence-electron chi connectivity index (χ1n) is 7.11. The van der Waals surface area contributed by atoms with Crippen molar-refractivity contribution in [3.63, 3.8) is 0 Å². The fourth-order valence-corrected chi connectivity index (χ4v) is 3.45. The van der Waals surface area contributed by atoms with Crippen molar-refractivity contribution < 1.29 is 14.0 Å². The van der Waals surface area contributed by atoms with E-state index in [1.807, 2.05) is 13.0 Å². The van der Waals surface area contributed by atoms with Crippen LogP contribution in [-0.2, 0) is 14.0 Å². The highest BCUT2D eigenvalue weighted by Gasteiger charge is 2.53. The molecule has 2 bridgehead atoms. The summed E-state index contributed by atoms with van der Waals surface area (Å²) in [6, 6.07) is 0. The maximum atomic E-state index is 12.6. The van der Waals surface area contributed by atoms with Crippen LogP contribution in [0.15, 0.2) is 11.8 Å². The van der Waals surface area contributed by atoms with Crippen LogP contribution in [0.4, 0.5) is 0 Å². The molecule has 2 aliphatic heterocycles. The van der Waals surface area contributed by atoms with Crippen molar-refractivity contribution in [1.29, 1.82) is 0 Å². The van der Waals surface area contributed by atoms with Crippen LogP contribution < -0.4 is 0 Å². The first-order chi connectivity index (χ1) is 8.47. The number of hydrogen-bond donors (Lipinski definition) is 0. The molecular formula is C15H26O3Si. The third kappa shape index (κ3) is 2.29. The number of ether oxygens (including phenoxy) is 1. The van der Waals surface area contributed by atoms with Gasteiger partial charge in [-0.1, -0.05) is 27.7 Å². The van der Waals surface area contributed by atoms with Crippen molar-refractivity contribution in [1.82, 2.24) is 0 Å². The van der Waals surface area contributed by atoms with E-state index in [-0.39, 0.29) is 22.8 Å². The largest absolute Gasteiger partial charge is 0.541 e. The summed E-state index contributed by atoms with van der Waals surface area (Å²) in [5.41, 5.74) is -0.683. The molecule has 0 spiro atoms. The van der Waals surface area contributed by atoms with Crippen LogP contribution in [0.3, 0.4) is 0 Å². The van der Waals surface area contributed by atoms with Gasteiger partial charge in [0.2, 0.25) is 5.78 Å². The third-order valence-electron chi connectivity index (χ3n) is 5.11. The Labute approximate surface area is 117 Å². The molecule has 3 nitrogen and oxygen atoms in total. The molecule has 0 aromatic rings. The standard InChI is InChI=1S/C15H26O3Si/c1-10-8-11-9-12(13(16)15(10,5)17-11)18-19(6,7)14(2,3)4/h9-11H,8H2,1-7H3/t10-,11+,15-/m0/s1. The highest BCUT2D eigenvalue weighted by molar-refractivity contribution is 6.74. The van der Waals surface area contributed by atoms with Gasteiger partial charge in [0, 0.05) is 0 Å². The molecule has 3 atom stereocenters. The molecule has 19 heavy (non-hydrogen) atoms. The second kappa shape index (κ2) is 4.19. The number of hydrogen-bond acceptors (Lipinski definition) is 3. The van der Waals surface area contributed by atoms with E-state index in [0.29, 0.717) is 5.76 Å². The van der Waals surface area contributed by atoms with Gasteiger partial charge in [0.25, 0.3) is 8.32 Å². The summed E-state index contributed by atoms with van der Waals surface area (Å²) in [6.45, 7) is 14.9. The summed E-state index contributed by atoms with van der Waals surface area (Å²) in [6.07, 6.45) is 2.85. The van der Waals surface area contributed by atoms with E-state index in [2.05, 4.69) is 40.8 Å². The zero-order valence-corrected chi connectivity index (χ0v) is 14.2. The van der Waals surface area contributed by atoms with Crippen molar-refractivity contribution in [3.8, 4) is 0 Å². The van der Waals surface area contributed by atoms with E-state index in [0.717, 1.165) is 6.42 Å². The Hall–Kier alpha value is -0.613. The van der Waals surface area contributed by atoms with Gasteiger partial charge in [0.15, 0.2) is 0 Å². The molecular weight excluding hydrogens is 256 g/mol. The Morgan fingerprint density at radius 2 is 2.00 bits per heavy atom. The number of carbonyl (C=O) groups is 1. The van der Waals surface area contributed by atoms with Crippen LogP contribution in [0.2, 0.25) is 18.1 Å². The van der Waals surface area contributed by atoms with Crippen LogP contribution in [0.5, 0.6) is 0 Å². The maximum absolute atomic E-state index is 12.6. The molecule has 108 valence electrons. The second-order valence-corrected chi connectivity index (χ2v) is 12.3. The number of fused-ring (bicyclic) bond motifs is 2. The molecule has 0 aliphatic carbocycles. The second-order valence-electron chi connectivity index (χ2n) is 7.62. The number of ketones is 1. The lowest BCUT2D eigenvalue weighted by Crippen LogP contribution is -2.48. The Bertz CT molecular complexity index is 433. The molecule has 2 aliphatic rings. The lowest BCUT2D eigenvalue weighted by molar-refractivity contribution is -0.143. The van der Waals surface area contributed by atoms with Gasteiger partial charge in [-0.3, -0.25) is 4.79 Å². The van der Waals surface area contributed by atoms with Gasteiger partial charge in [-0.05, 0) is 43.5 Å². The molecule has 1 fully saturated rings. The lowest BCUT2D eigenvalue weighted by atomic mass is 9.87. The summed E-state index contributed by atoms with van der Waals surface area (Å²) >= 11 is 0. The smallest absolute Gasteiger partial charge is 0.250 e. The number of carbonyl (C=O) groups excluding carboxylic acids is 1. The molecule has 0 aromatic heterocycles. The highest BCUT2D eigenvalue weighted by atomic mass is 28.4. The number of Topliss-reactive ketones (excluding diaryl/α,β-unsaturated/α-hetero) is 1. The highest BCUT2D eigenvalue weighted by Crippen LogP contribution is 2.45.